The summed E-state index contributed by atoms with van der Waals surface area (Å²) in [5.41, 5.74) is 7.42. The van der Waals surface area contributed by atoms with Crippen LogP contribution in [0, 0.1) is 6.92 Å². The molecule has 0 amide bonds. The Morgan fingerprint density at radius 1 is 0.667 bits per heavy atom. The zero-order chi connectivity index (χ0) is 14.7. The largest absolute Gasteiger partial charge is 0.0985 e. The van der Waals surface area contributed by atoms with E-state index in [-0.39, 0.29) is 0 Å². The molecule has 0 radical (unpaired) electrons. The molecule has 3 aromatic carbocycles. The molecule has 0 N–H and O–H groups in total. The van der Waals surface area contributed by atoms with Crippen molar-refractivity contribution in [3.05, 3.63) is 90.5 Å². The zero-order valence-electron chi connectivity index (χ0n) is 12.2. The Kier molecular flexibility index (Phi) is 3.70. The van der Waals surface area contributed by atoms with Crippen molar-refractivity contribution in [2.24, 2.45) is 0 Å². The van der Waals surface area contributed by atoms with E-state index in [9.17, 15) is 0 Å². The number of aryl methyl sites for hydroxylation is 1. The van der Waals surface area contributed by atoms with Crippen LogP contribution in [0.3, 0.4) is 0 Å². The molecule has 102 valence electrons. The van der Waals surface area contributed by atoms with Crippen molar-refractivity contribution in [2.75, 3.05) is 0 Å². The molecule has 0 nitrogen and oxygen atoms in total. The van der Waals surface area contributed by atoms with Crippen LogP contribution < -0.4 is 0 Å². The summed E-state index contributed by atoms with van der Waals surface area (Å²) in [6, 6.07) is 25.8. The van der Waals surface area contributed by atoms with Crippen LogP contribution in [0.4, 0.5) is 0 Å². The van der Waals surface area contributed by atoms with Crippen molar-refractivity contribution >= 4 is 6.08 Å². The van der Waals surface area contributed by atoms with Gasteiger partial charge >= 0.3 is 0 Å². The normalized spacial score (nSPS) is 10.3. The molecular formula is C21H18. The first-order chi connectivity index (χ1) is 10.3. The van der Waals surface area contributed by atoms with Gasteiger partial charge in [-0.25, -0.2) is 0 Å². The van der Waals surface area contributed by atoms with Gasteiger partial charge in [0, 0.05) is 0 Å². The highest BCUT2D eigenvalue weighted by atomic mass is 14.1. The third-order valence-electron chi connectivity index (χ3n) is 3.69. The van der Waals surface area contributed by atoms with Gasteiger partial charge in [-0.2, -0.15) is 0 Å². The standard InChI is InChI=1S/C21H18/c1-3-17-10-12-18(13-11-17)20-8-5-9-21(15-20)19-7-4-6-16(2)14-19/h3-15H,1H2,2H3. The predicted octanol–water partition coefficient (Wildman–Crippen LogP) is 5.97. The van der Waals surface area contributed by atoms with Gasteiger partial charge < -0.3 is 0 Å². The summed E-state index contributed by atoms with van der Waals surface area (Å²) >= 11 is 0. The molecule has 0 aromatic heterocycles. The summed E-state index contributed by atoms with van der Waals surface area (Å²) in [6.45, 7) is 5.92. The van der Waals surface area contributed by atoms with Gasteiger partial charge in [-0.1, -0.05) is 84.9 Å². The van der Waals surface area contributed by atoms with Crippen LogP contribution in [0.5, 0.6) is 0 Å². The van der Waals surface area contributed by atoms with Crippen LogP contribution >= 0.6 is 0 Å². The molecule has 3 aromatic rings. The third-order valence-corrected chi connectivity index (χ3v) is 3.69. The van der Waals surface area contributed by atoms with Gasteiger partial charge in [0.25, 0.3) is 0 Å². The maximum atomic E-state index is 3.80. The second-order valence-electron chi connectivity index (χ2n) is 5.28. The van der Waals surface area contributed by atoms with Crippen LogP contribution in [0.2, 0.25) is 0 Å². The summed E-state index contributed by atoms with van der Waals surface area (Å²) in [6.07, 6.45) is 1.87. The Hall–Kier alpha value is -2.60. The van der Waals surface area contributed by atoms with E-state index >= 15 is 0 Å². The molecule has 0 saturated carbocycles. The van der Waals surface area contributed by atoms with Gasteiger partial charge in [0.15, 0.2) is 0 Å². The third kappa shape index (κ3) is 2.95. The molecular weight excluding hydrogens is 252 g/mol. The van der Waals surface area contributed by atoms with Crippen LogP contribution in [-0.2, 0) is 0 Å². The molecule has 0 fully saturated rings. The maximum absolute atomic E-state index is 3.80. The van der Waals surface area contributed by atoms with Crippen molar-refractivity contribution in [2.45, 2.75) is 6.92 Å². The summed E-state index contributed by atoms with van der Waals surface area (Å²) in [5, 5.41) is 0. The molecule has 21 heavy (non-hydrogen) atoms. The zero-order valence-corrected chi connectivity index (χ0v) is 12.2. The first-order valence-corrected chi connectivity index (χ1v) is 7.16. The molecule has 0 heteroatoms. The smallest absolute Gasteiger partial charge is 0.0178 e. The minimum absolute atomic E-state index is 1.15. The molecule has 0 aliphatic heterocycles. The highest BCUT2D eigenvalue weighted by Crippen LogP contribution is 2.27. The van der Waals surface area contributed by atoms with E-state index < -0.39 is 0 Å². The minimum atomic E-state index is 1.15. The average Bonchev–Trinajstić information content (AvgIpc) is 2.55. The van der Waals surface area contributed by atoms with E-state index in [0.717, 1.165) is 5.56 Å². The van der Waals surface area contributed by atoms with Gasteiger partial charge in [-0.3, -0.25) is 0 Å². The Morgan fingerprint density at radius 3 is 1.86 bits per heavy atom. The van der Waals surface area contributed by atoms with E-state index in [1.165, 1.54) is 27.8 Å². The molecule has 0 heterocycles. The fraction of sp³-hybridized carbons (Fsp3) is 0.0476. The van der Waals surface area contributed by atoms with Crippen LogP contribution in [0.1, 0.15) is 11.1 Å². The average molecular weight is 270 g/mol. The Bertz CT molecular complexity index is 764. The van der Waals surface area contributed by atoms with Crippen molar-refractivity contribution in [1.29, 1.82) is 0 Å². The first kappa shape index (κ1) is 13.4. The number of benzene rings is 3. The number of hydrogen-bond donors (Lipinski definition) is 0. The molecule has 0 aliphatic rings. The van der Waals surface area contributed by atoms with Gasteiger partial charge in [0.2, 0.25) is 0 Å². The van der Waals surface area contributed by atoms with E-state index in [1.54, 1.807) is 0 Å². The summed E-state index contributed by atoms with van der Waals surface area (Å²) in [4.78, 5) is 0. The fourth-order valence-electron chi connectivity index (χ4n) is 2.51. The lowest BCUT2D eigenvalue weighted by Crippen LogP contribution is -1.82. The van der Waals surface area contributed by atoms with E-state index in [4.69, 9.17) is 0 Å². The lowest BCUT2D eigenvalue weighted by Gasteiger charge is -2.07. The van der Waals surface area contributed by atoms with E-state index in [1.807, 2.05) is 6.08 Å². The van der Waals surface area contributed by atoms with Crippen molar-refractivity contribution < 1.29 is 0 Å². The van der Waals surface area contributed by atoms with Crippen LogP contribution in [0.15, 0.2) is 79.4 Å². The monoisotopic (exact) mass is 270 g/mol. The highest BCUT2D eigenvalue weighted by Gasteiger charge is 2.02. The van der Waals surface area contributed by atoms with Crippen molar-refractivity contribution in [3.8, 4) is 22.3 Å². The van der Waals surface area contributed by atoms with Crippen LogP contribution in [0.25, 0.3) is 28.3 Å². The van der Waals surface area contributed by atoms with Gasteiger partial charge in [-0.05, 0) is 40.8 Å². The minimum Gasteiger partial charge on any atom is -0.0985 e. The summed E-state index contributed by atoms with van der Waals surface area (Å²) in [5.74, 6) is 0. The van der Waals surface area contributed by atoms with E-state index in [2.05, 4.69) is 86.3 Å². The van der Waals surface area contributed by atoms with Crippen molar-refractivity contribution in [3.63, 3.8) is 0 Å². The first-order valence-electron chi connectivity index (χ1n) is 7.16. The van der Waals surface area contributed by atoms with Gasteiger partial charge in [0.1, 0.15) is 0 Å². The quantitative estimate of drug-likeness (QED) is 0.550. The Labute approximate surface area is 126 Å². The molecule has 3 rings (SSSR count). The second-order valence-corrected chi connectivity index (χ2v) is 5.28. The SMILES string of the molecule is C=Cc1ccc(-c2cccc(-c3cccc(C)c3)c2)cc1. The Morgan fingerprint density at radius 2 is 1.24 bits per heavy atom. The molecule has 0 bridgehead atoms. The van der Waals surface area contributed by atoms with Crippen molar-refractivity contribution in [1.82, 2.24) is 0 Å². The fourth-order valence-corrected chi connectivity index (χ4v) is 2.51. The molecule has 0 atom stereocenters. The topological polar surface area (TPSA) is 0 Å². The maximum Gasteiger partial charge on any atom is -0.0178 e. The predicted molar refractivity (Wildman–Crippen MR) is 92.1 cm³/mol. The second kappa shape index (κ2) is 5.80. The molecule has 0 spiro atoms. The summed E-state index contributed by atoms with van der Waals surface area (Å²) < 4.78 is 0. The number of rotatable bonds is 3. The van der Waals surface area contributed by atoms with Crippen LogP contribution in [-0.4, -0.2) is 0 Å². The Balaban J connectivity index is 2.01. The highest BCUT2D eigenvalue weighted by molar-refractivity contribution is 5.73. The molecule has 0 saturated heterocycles. The van der Waals surface area contributed by atoms with Gasteiger partial charge in [0.05, 0.1) is 0 Å². The molecule has 0 unspecified atom stereocenters. The lowest BCUT2D eigenvalue weighted by atomic mass is 9.98. The lowest BCUT2D eigenvalue weighted by molar-refractivity contribution is 1.47. The number of hydrogen-bond acceptors (Lipinski definition) is 0. The van der Waals surface area contributed by atoms with Gasteiger partial charge in [-0.15, -0.1) is 0 Å². The molecule has 0 aliphatic carbocycles. The summed E-state index contributed by atoms with van der Waals surface area (Å²) in [7, 11) is 0. The van der Waals surface area contributed by atoms with E-state index in [0.29, 0.717) is 0 Å².